The summed E-state index contributed by atoms with van der Waals surface area (Å²) in [5.74, 6) is -2.19. The molecular formula is C14H16F3N3O2. The molecule has 1 aromatic rings. The van der Waals surface area contributed by atoms with E-state index in [0.29, 0.717) is 12.2 Å². The van der Waals surface area contributed by atoms with Gasteiger partial charge in [-0.1, -0.05) is 0 Å². The Bertz CT molecular complexity index is 589. The number of hydrogen-bond donors (Lipinski definition) is 0. The monoisotopic (exact) mass is 315 g/mol. The van der Waals surface area contributed by atoms with Crippen LogP contribution in [0.25, 0.3) is 0 Å². The minimum absolute atomic E-state index is 0.0154. The highest BCUT2D eigenvalue weighted by Gasteiger charge is 2.44. The second-order valence-corrected chi connectivity index (χ2v) is 5.23. The first kappa shape index (κ1) is 16.3. The number of ether oxygens (including phenoxy) is 1. The highest BCUT2D eigenvalue weighted by Crippen LogP contribution is 2.41. The lowest BCUT2D eigenvalue weighted by atomic mass is 9.87. The van der Waals surface area contributed by atoms with Crippen molar-refractivity contribution in [2.45, 2.75) is 44.8 Å². The smallest absolute Gasteiger partial charge is 0.393 e. The van der Waals surface area contributed by atoms with E-state index in [1.807, 2.05) is 6.07 Å². The van der Waals surface area contributed by atoms with E-state index in [9.17, 15) is 18.0 Å². The van der Waals surface area contributed by atoms with Crippen LogP contribution in [0.3, 0.4) is 0 Å². The topological polar surface area (TPSA) is 67.9 Å². The van der Waals surface area contributed by atoms with Crippen molar-refractivity contribution in [1.29, 1.82) is 5.26 Å². The van der Waals surface area contributed by atoms with Crippen molar-refractivity contribution < 1.29 is 22.7 Å². The molecule has 0 spiro atoms. The molecule has 2 unspecified atom stereocenters. The van der Waals surface area contributed by atoms with E-state index in [2.05, 4.69) is 4.98 Å². The zero-order valence-electron chi connectivity index (χ0n) is 12.1. The normalized spacial score (nSPS) is 21.0. The van der Waals surface area contributed by atoms with Crippen LogP contribution in [0, 0.1) is 17.2 Å². The molecule has 0 aliphatic carbocycles. The van der Waals surface area contributed by atoms with Crippen LogP contribution in [0.1, 0.15) is 48.4 Å². The van der Waals surface area contributed by atoms with Crippen LogP contribution in [-0.2, 0) is 11.3 Å². The van der Waals surface area contributed by atoms with E-state index >= 15 is 0 Å². The van der Waals surface area contributed by atoms with Gasteiger partial charge in [0.2, 0.25) is 0 Å². The Morgan fingerprint density at radius 1 is 1.59 bits per heavy atom. The molecule has 2 heterocycles. The predicted molar refractivity (Wildman–Crippen MR) is 69.9 cm³/mol. The lowest BCUT2D eigenvalue weighted by Gasteiger charge is -2.31. The number of esters is 1. The number of fused-ring (bicyclic) bond motifs is 1. The first-order valence-electron chi connectivity index (χ1n) is 7.04. The molecule has 1 aliphatic rings. The summed E-state index contributed by atoms with van der Waals surface area (Å²) < 4.78 is 45.3. The second-order valence-electron chi connectivity index (χ2n) is 5.23. The molecule has 22 heavy (non-hydrogen) atoms. The minimum Gasteiger partial charge on any atom is -0.461 e. The molecule has 0 fully saturated rings. The maximum absolute atomic E-state index is 13.0. The van der Waals surface area contributed by atoms with Crippen molar-refractivity contribution in [3.63, 3.8) is 0 Å². The molecule has 0 amide bonds. The van der Waals surface area contributed by atoms with Crippen molar-refractivity contribution in [1.82, 2.24) is 9.55 Å². The highest BCUT2D eigenvalue weighted by atomic mass is 19.4. The number of imidazole rings is 1. The molecular weight excluding hydrogens is 299 g/mol. The van der Waals surface area contributed by atoms with Gasteiger partial charge in [-0.3, -0.25) is 0 Å². The third kappa shape index (κ3) is 3.40. The van der Waals surface area contributed by atoms with Crippen molar-refractivity contribution >= 4 is 5.97 Å². The largest absolute Gasteiger partial charge is 0.461 e. The molecule has 1 aromatic heterocycles. The van der Waals surface area contributed by atoms with Gasteiger partial charge in [0.15, 0.2) is 5.69 Å². The van der Waals surface area contributed by atoms with Crippen molar-refractivity contribution in [2.75, 3.05) is 6.61 Å². The maximum Gasteiger partial charge on any atom is 0.393 e. The summed E-state index contributed by atoms with van der Waals surface area (Å²) in [6, 6.07) is 1.94. The molecule has 0 aromatic carbocycles. The SMILES string of the molecule is CCOC(=O)c1cn2c(n1)C(CCC#N)CC(C(F)(F)F)C2. The fourth-order valence-electron chi connectivity index (χ4n) is 2.69. The van der Waals surface area contributed by atoms with E-state index in [4.69, 9.17) is 10.00 Å². The first-order chi connectivity index (χ1) is 10.4. The molecule has 5 nitrogen and oxygen atoms in total. The molecule has 0 saturated carbocycles. The average molecular weight is 315 g/mol. The van der Waals surface area contributed by atoms with Gasteiger partial charge in [-0.2, -0.15) is 18.4 Å². The Labute approximate surface area is 125 Å². The summed E-state index contributed by atoms with van der Waals surface area (Å²) in [5, 5.41) is 8.66. The van der Waals surface area contributed by atoms with Crippen LogP contribution in [0.15, 0.2) is 6.20 Å². The van der Waals surface area contributed by atoms with E-state index in [0.717, 1.165) is 0 Å². The highest BCUT2D eigenvalue weighted by molar-refractivity contribution is 5.87. The van der Waals surface area contributed by atoms with E-state index in [-0.39, 0.29) is 31.7 Å². The summed E-state index contributed by atoms with van der Waals surface area (Å²) in [7, 11) is 0. The molecule has 1 aliphatic heterocycles. The number of alkyl halides is 3. The standard InChI is InChI=1S/C14H16F3N3O2/c1-2-22-13(21)11-8-20-7-10(14(15,16)17)6-9(4-3-5-18)12(20)19-11/h8-10H,2-4,6-7H2,1H3. The molecule has 2 rings (SSSR count). The number of carbonyl (C=O) groups excluding carboxylic acids is 1. The maximum atomic E-state index is 13.0. The van der Waals surface area contributed by atoms with E-state index in [1.165, 1.54) is 10.8 Å². The summed E-state index contributed by atoms with van der Waals surface area (Å²) >= 11 is 0. The Morgan fingerprint density at radius 3 is 2.91 bits per heavy atom. The van der Waals surface area contributed by atoms with Crippen LogP contribution < -0.4 is 0 Å². The first-order valence-corrected chi connectivity index (χ1v) is 7.04. The zero-order valence-corrected chi connectivity index (χ0v) is 12.1. The quantitative estimate of drug-likeness (QED) is 0.801. The molecule has 2 atom stereocenters. The van der Waals surface area contributed by atoms with E-state index in [1.54, 1.807) is 6.92 Å². The van der Waals surface area contributed by atoms with Crippen LogP contribution in [-0.4, -0.2) is 28.3 Å². The summed E-state index contributed by atoms with van der Waals surface area (Å²) in [4.78, 5) is 15.8. The van der Waals surface area contributed by atoms with Crippen molar-refractivity contribution in [3.05, 3.63) is 17.7 Å². The second kappa shape index (κ2) is 6.38. The molecule has 0 radical (unpaired) electrons. The lowest BCUT2D eigenvalue weighted by molar-refractivity contribution is -0.184. The number of nitrogens with zero attached hydrogens (tertiary/aromatic N) is 3. The van der Waals surface area contributed by atoms with Gasteiger partial charge in [0.05, 0.1) is 18.6 Å². The van der Waals surface area contributed by atoms with Gasteiger partial charge in [0.25, 0.3) is 0 Å². The lowest BCUT2D eigenvalue weighted by Crippen LogP contribution is -2.34. The molecule has 8 heteroatoms. The molecule has 0 N–H and O–H groups in total. The van der Waals surface area contributed by atoms with Crippen LogP contribution in [0.2, 0.25) is 0 Å². The molecule has 0 saturated heterocycles. The van der Waals surface area contributed by atoms with Crippen LogP contribution >= 0.6 is 0 Å². The van der Waals surface area contributed by atoms with Gasteiger partial charge in [0, 0.05) is 25.1 Å². The minimum atomic E-state index is -4.31. The van der Waals surface area contributed by atoms with Gasteiger partial charge in [-0.15, -0.1) is 0 Å². The van der Waals surface area contributed by atoms with Gasteiger partial charge in [-0.05, 0) is 19.8 Å². The number of hydrogen-bond acceptors (Lipinski definition) is 4. The average Bonchev–Trinajstić information content (AvgIpc) is 2.88. The zero-order chi connectivity index (χ0) is 16.3. The van der Waals surface area contributed by atoms with Crippen molar-refractivity contribution in [2.24, 2.45) is 5.92 Å². The Morgan fingerprint density at radius 2 is 2.32 bits per heavy atom. The number of nitriles is 1. The Hall–Kier alpha value is -2.04. The summed E-state index contributed by atoms with van der Waals surface area (Å²) in [6.45, 7) is 1.56. The third-order valence-corrected chi connectivity index (χ3v) is 3.71. The van der Waals surface area contributed by atoms with Gasteiger partial charge >= 0.3 is 12.1 Å². The number of aromatic nitrogens is 2. The third-order valence-electron chi connectivity index (χ3n) is 3.71. The fourth-order valence-corrected chi connectivity index (χ4v) is 2.69. The predicted octanol–water partition coefficient (Wildman–Crippen LogP) is 3.03. The van der Waals surface area contributed by atoms with Gasteiger partial charge in [-0.25, -0.2) is 9.78 Å². The van der Waals surface area contributed by atoms with E-state index < -0.39 is 24.0 Å². The Kier molecular flexibility index (Phi) is 4.74. The number of halogens is 3. The van der Waals surface area contributed by atoms with Crippen LogP contribution in [0.5, 0.6) is 0 Å². The fraction of sp³-hybridized carbons (Fsp3) is 0.643. The number of carbonyl (C=O) groups is 1. The van der Waals surface area contributed by atoms with Crippen LogP contribution in [0.4, 0.5) is 13.2 Å². The molecule has 120 valence electrons. The summed E-state index contributed by atoms with van der Waals surface area (Å²) in [5.41, 5.74) is 0.0154. The number of rotatable bonds is 4. The van der Waals surface area contributed by atoms with Crippen molar-refractivity contribution in [3.8, 4) is 6.07 Å². The molecule has 0 bridgehead atoms. The van der Waals surface area contributed by atoms with Gasteiger partial charge in [0.1, 0.15) is 5.82 Å². The summed E-state index contributed by atoms with van der Waals surface area (Å²) in [6.07, 6.45) is -2.66. The Balaban J connectivity index is 2.30. The van der Waals surface area contributed by atoms with Gasteiger partial charge < -0.3 is 9.30 Å².